The fourth-order valence-electron chi connectivity index (χ4n) is 3.49. The topological polar surface area (TPSA) is 48.3 Å². The molecule has 0 bridgehead atoms. The van der Waals surface area contributed by atoms with E-state index < -0.39 is 11.2 Å². The molecule has 5 heteroatoms. The maximum Gasteiger partial charge on any atom is 0.200 e. The molecule has 30 heavy (non-hydrogen) atoms. The minimum Gasteiger partial charge on any atom is -0.497 e. The van der Waals surface area contributed by atoms with Crippen LogP contribution in [-0.2, 0) is 6.54 Å². The van der Waals surface area contributed by atoms with Crippen LogP contribution in [0, 0.1) is 12.7 Å². The summed E-state index contributed by atoms with van der Waals surface area (Å²) in [5.74, 6) is -0.196. The van der Waals surface area contributed by atoms with Crippen LogP contribution in [0.2, 0.25) is 0 Å². The Hall–Kier alpha value is -3.73. The molecule has 4 nitrogen and oxygen atoms in total. The molecule has 0 unspecified atom stereocenters. The first-order chi connectivity index (χ1) is 14.5. The second-order valence-corrected chi connectivity index (χ2v) is 7.21. The number of pyridine rings is 1. The zero-order valence-electron chi connectivity index (χ0n) is 16.7. The maximum atomic E-state index is 13.9. The molecule has 4 aromatic rings. The molecule has 0 fully saturated rings. The van der Waals surface area contributed by atoms with Crippen molar-refractivity contribution < 1.29 is 13.9 Å². The number of aromatic nitrogens is 1. The standard InChI is InChI=1S/C25H20FNO3/c1-16-6-8-18(9-7-16)24(28)22-15-27(14-17-4-3-5-20(12-17)30-2)23-11-10-19(26)13-21(23)25(22)29/h3-13,15H,14H2,1-2H3. The van der Waals surface area contributed by atoms with Gasteiger partial charge in [0.15, 0.2) is 5.78 Å². The first-order valence-electron chi connectivity index (χ1n) is 9.53. The van der Waals surface area contributed by atoms with Crippen molar-refractivity contribution in [2.45, 2.75) is 13.5 Å². The molecular formula is C25H20FNO3. The summed E-state index contributed by atoms with van der Waals surface area (Å²) in [4.78, 5) is 26.1. The van der Waals surface area contributed by atoms with Crippen molar-refractivity contribution in [3.63, 3.8) is 0 Å². The Kier molecular flexibility index (Phi) is 5.19. The number of carbonyl (C=O) groups is 1. The van der Waals surface area contributed by atoms with Gasteiger partial charge in [-0.2, -0.15) is 0 Å². The van der Waals surface area contributed by atoms with Crippen molar-refractivity contribution in [1.82, 2.24) is 4.57 Å². The summed E-state index contributed by atoms with van der Waals surface area (Å²) in [6.07, 6.45) is 1.56. The number of nitrogens with zero attached hydrogens (tertiary/aromatic N) is 1. The van der Waals surface area contributed by atoms with Crippen molar-refractivity contribution in [3.8, 4) is 5.75 Å². The Balaban J connectivity index is 1.88. The second-order valence-electron chi connectivity index (χ2n) is 7.21. The highest BCUT2D eigenvalue weighted by Gasteiger charge is 2.18. The molecule has 0 spiro atoms. The molecule has 0 atom stereocenters. The molecule has 4 rings (SSSR count). The molecule has 0 aliphatic carbocycles. The Morgan fingerprint density at radius 1 is 1.03 bits per heavy atom. The van der Waals surface area contributed by atoms with Crippen LogP contribution in [0.3, 0.4) is 0 Å². The molecule has 0 radical (unpaired) electrons. The normalized spacial score (nSPS) is 10.9. The van der Waals surface area contributed by atoms with E-state index in [2.05, 4.69) is 0 Å². The Bertz CT molecular complexity index is 1310. The van der Waals surface area contributed by atoms with Gasteiger partial charge in [-0.15, -0.1) is 0 Å². The first kappa shape index (κ1) is 19.6. The fraction of sp³-hybridized carbons (Fsp3) is 0.120. The van der Waals surface area contributed by atoms with E-state index in [1.165, 1.54) is 12.1 Å². The summed E-state index contributed by atoms with van der Waals surface area (Å²) in [5.41, 5.74) is 2.46. The number of ketones is 1. The summed E-state index contributed by atoms with van der Waals surface area (Å²) < 4.78 is 21.0. The predicted octanol–water partition coefficient (Wildman–Crippen LogP) is 4.74. The molecule has 3 aromatic carbocycles. The van der Waals surface area contributed by atoms with E-state index in [1.807, 2.05) is 43.3 Å². The summed E-state index contributed by atoms with van der Waals surface area (Å²) in [5, 5.41) is 0.177. The summed E-state index contributed by atoms with van der Waals surface area (Å²) in [6.45, 7) is 2.32. The molecule has 150 valence electrons. The third-order valence-corrected chi connectivity index (χ3v) is 5.09. The molecule has 0 N–H and O–H groups in total. The molecule has 1 heterocycles. The average molecular weight is 401 g/mol. The van der Waals surface area contributed by atoms with E-state index in [0.717, 1.165) is 11.1 Å². The number of halogens is 1. The van der Waals surface area contributed by atoms with Crippen LogP contribution in [0.25, 0.3) is 10.9 Å². The van der Waals surface area contributed by atoms with Gasteiger partial charge in [0, 0.05) is 23.7 Å². The van der Waals surface area contributed by atoms with Gasteiger partial charge >= 0.3 is 0 Å². The van der Waals surface area contributed by atoms with E-state index in [0.29, 0.717) is 23.4 Å². The molecule has 0 aliphatic heterocycles. The zero-order chi connectivity index (χ0) is 21.3. The lowest BCUT2D eigenvalue weighted by molar-refractivity contribution is 0.103. The SMILES string of the molecule is COc1cccc(Cn2cc(C(=O)c3ccc(C)cc3)c(=O)c3cc(F)ccc32)c1. The largest absolute Gasteiger partial charge is 0.497 e. The van der Waals surface area contributed by atoms with Gasteiger partial charge in [-0.1, -0.05) is 42.0 Å². The third-order valence-electron chi connectivity index (χ3n) is 5.09. The fourth-order valence-corrected chi connectivity index (χ4v) is 3.49. The van der Waals surface area contributed by atoms with Crippen LogP contribution in [0.5, 0.6) is 5.75 Å². The van der Waals surface area contributed by atoms with Crippen LogP contribution in [0.15, 0.2) is 77.7 Å². The number of hydrogen-bond donors (Lipinski definition) is 0. The van der Waals surface area contributed by atoms with Gasteiger partial charge in [-0.25, -0.2) is 4.39 Å². The van der Waals surface area contributed by atoms with E-state index in [-0.39, 0.29) is 16.7 Å². The molecule has 1 aromatic heterocycles. The highest BCUT2D eigenvalue weighted by molar-refractivity contribution is 6.10. The van der Waals surface area contributed by atoms with Crippen molar-refractivity contribution in [1.29, 1.82) is 0 Å². The summed E-state index contributed by atoms with van der Waals surface area (Å²) in [7, 11) is 1.59. The number of methoxy groups -OCH3 is 1. The Morgan fingerprint density at radius 2 is 1.80 bits per heavy atom. The van der Waals surface area contributed by atoms with Gasteiger partial charge in [0.1, 0.15) is 11.6 Å². The minimum absolute atomic E-state index is 0.0137. The van der Waals surface area contributed by atoms with Gasteiger partial charge in [-0.3, -0.25) is 9.59 Å². The van der Waals surface area contributed by atoms with E-state index in [4.69, 9.17) is 4.74 Å². The molecule has 0 amide bonds. The van der Waals surface area contributed by atoms with Gasteiger partial charge < -0.3 is 9.30 Å². The van der Waals surface area contributed by atoms with Crippen molar-refractivity contribution in [2.24, 2.45) is 0 Å². The monoisotopic (exact) mass is 401 g/mol. The second kappa shape index (κ2) is 7.95. The highest BCUT2D eigenvalue weighted by atomic mass is 19.1. The summed E-state index contributed by atoms with van der Waals surface area (Å²) in [6, 6.07) is 18.6. The predicted molar refractivity (Wildman–Crippen MR) is 115 cm³/mol. The van der Waals surface area contributed by atoms with Crippen molar-refractivity contribution in [3.05, 3.63) is 111 Å². The van der Waals surface area contributed by atoms with Crippen molar-refractivity contribution in [2.75, 3.05) is 7.11 Å². The number of ether oxygens (including phenoxy) is 1. The number of benzene rings is 3. The minimum atomic E-state index is -0.521. The van der Waals surface area contributed by atoms with E-state index in [9.17, 15) is 14.0 Å². The van der Waals surface area contributed by atoms with Crippen LogP contribution in [-0.4, -0.2) is 17.5 Å². The van der Waals surface area contributed by atoms with Crippen LogP contribution in [0.4, 0.5) is 4.39 Å². The van der Waals surface area contributed by atoms with Gasteiger partial charge in [0.2, 0.25) is 5.43 Å². The number of aryl methyl sites for hydroxylation is 1. The average Bonchev–Trinajstić information content (AvgIpc) is 2.76. The summed E-state index contributed by atoms with van der Waals surface area (Å²) >= 11 is 0. The number of fused-ring (bicyclic) bond motifs is 1. The quantitative estimate of drug-likeness (QED) is 0.454. The Labute approximate surface area is 173 Å². The smallest absolute Gasteiger partial charge is 0.200 e. The number of hydrogen-bond acceptors (Lipinski definition) is 3. The van der Waals surface area contributed by atoms with E-state index in [1.54, 1.807) is 36.1 Å². The van der Waals surface area contributed by atoms with Gasteiger partial charge in [0.05, 0.1) is 18.2 Å². The highest BCUT2D eigenvalue weighted by Crippen LogP contribution is 2.19. The lowest BCUT2D eigenvalue weighted by atomic mass is 10.0. The third kappa shape index (κ3) is 3.74. The zero-order valence-corrected chi connectivity index (χ0v) is 16.7. The molecular weight excluding hydrogens is 381 g/mol. The van der Waals surface area contributed by atoms with Gasteiger partial charge in [-0.05, 0) is 42.8 Å². The lowest BCUT2D eigenvalue weighted by Crippen LogP contribution is -2.20. The maximum absolute atomic E-state index is 13.9. The van der Waals surface area contributed by atoms with Crippen LogP contribution < -0.4 is 10.2 Å². The molecule has 0 saturated carbocycles. The van der Waals surface area contributed by atoms with Crippen LogP contribution >= 0.6 is 0 Å². The van der Waals surface area contributed by atoms with E-state index >= 15 is 0 Å². The number of rotatable bonds is 5. The molecule has 0 saturated heterocycles. The Morgan fingerprint density at radius 3 is 2.53 bits per heavy atom. The van der Waals surface area contributed by atoms with Crippen LogP contribution in [0.1, 0.15) is 27.0 Å². The van der Waals surface area contributed by atoms with Gasteiger partial charge in [0.25, 0.3) is 0 Å². The number of carbonyl (C=O) groups excluding carboxylic acids is 1. The first-order valence-corrected chi connectivity index (χ1v) is 9.53. The molecule has 0 aliphatic rings. The van der Waals surface area contributed by atoms with Crippen molar-refractivity contribution >= 4 is 16.7 Å². The lowest BCUT2D eigenvalue weighted by Gasteiger charge is -2.14.